The smallest absolute Gasteiger partial charge is 0.333 e. The molecule has 0 saturated carbocycles. The molecular weight excluding hydrogens is 403 g/mol. The van der Waals surface area contributed by atoms with Crippen LogP contribution in [-0.4, -0.2) is 59.4 Å². The molecule has 0 spiro atoms. The van der Waals surface area contributed by atoms with Crippen LogP contribution < -0.4 is 0 Å². The average Bonchev–Trinajstić information content (AvgIpc) is 2.56. The van der Waals surface area contributed by atoms with Crippen LogP contribution in [-0.2, 0) is 35.7 Å². The molecule has 25 heavy (non-hydrogen) atoms. The Balaban J connectivity index is -0.0000000733. The van der Waals surface area contributed by atoms with Crippen molar-refractivity contribution in [2.45, 2.75) is 66.2 Å². The molecule has 152 valence electrons. The quantitative estimate of drug-likeness (QED) is 0.322. The van der Waals surface area contributed by atoms with Gasteiger partial charge in [0, 0.05) is 51.6 Å². The first-order valence-electron chi connectivity index (χ1n) is 8.69. The first-order valence-corrected chi connectivity index (χ1v) is 8.69. The number of hydrogen-bond donors (Lipinski definition) is 4. The van der Waals surface area contributed by atoms with Gasteiger partial charge in [-0.1, -0.05) is 46.6 Å². The van der Waals surface area contributed by atoms with Crippen molar-refractivity contribution in [3.05, 3.63) is 12.2 Å². The molecule has 0 radical (unpaired) electrons. The van der Waals surface area contributed by atoms with Crippen LogP contribution in [0.4, 0.5) is 0 Å². The molecule has 0 fully saturated rings. The summed E-state index contributed by atoms with van der Waals surface area (Å²) in [6, 6.07) is 0. The minimum absolute atomic E-state index is 0. The Labute approximate surface area is 173 Å². The zero-order chi connectivity index (χ0) is 19.6. The molecule has 0 aliphatic heterocycles. The van der Waals surface area contributed by atoms with Gasteiger partial charge in [-0.3, -0.25) is 0 Å². The molecule has 0 aliphatic rings. The molecule has 7 heteroatoms. The Morgan fingerprint density at radius 2 is 1.12 bits per heavy atom. The van der Waals surface area contributed by atoms with Crippen molar-refractivity contribution in [2.75, 3.05) is 33.0 Å². The van der Waals surface area contributed by atoms with Gasteiger partial charge in [-0.15, -0.1) is 0 Å². The van der Waals surface area contributed by atoms with Gasteiger partial charge < -0.3 is 25.2 Å². The van der Waals surface area contributed by atoms with E-state index < -0.39 is 5.97 Å². The third kappa shape index (κ3) is 59.3. The van der Waals surface area contributed by atoms with E-state index in [1.807, 2.05) is 0 Å². The average molecular weight is 444 g/mol. The summed E-state index contributed by atoms with van der Waals surface area (Å²) in [6.45, 7) is 12.0. The van der Waals surface area contributed by atoms with E-state index in [9.17, 15) is 4.79 Å². The third-order valence-corrected chi connectivity index (χ3v) is 2.21. The van der Waals surface area contributed by atoms with Crippen LogP contribution in [0.2, 0.25) is 0 Å². The second-order valence-electron chi connectivity index (χ2n) is 4.87. The topological polar surface area (TPSA) is 107 Å². The summed E-state index contributed by atoms with van der Waals surface area (Å²) >= 11 is 0. The zero-order valence-electron chi connectivity index (χ0n) is 16.6. The molecular formula is C18H40O6Zr. The van der Waals surface area contributed by atoms with E-state index in [0.29, 0.717) is 25.4 Å². The molecule has 6 nitrogen and oxygen atoms in total. The van der Waals surface area contributed by atoms with Gasteiger partial charge in [-0.05, 0) is 26.2 Å². The zero-order valence-corrected chi connectivity index (χ0v) is 19.0. The largest absolute Gasteiger partial charge is 0.460 e. The van der Waals surface area contributed by atoms with Gasteiger partial charge in [0.15, 0.2) is 0 Å². The van der Waals surface area contributed by atoms with Gasteiger partial charge >= 0.3 is 5.97 Å². The predicted molar refractivity (Wildman–Crippen MR) is 98.8 cm³/mol. The van der Waals surface area contributed by atoms with Gasteiger partial charge in [0.05, 0.1) is 6.61 Å². The van der Waals surface area contributed by atoms with Crippen LogP contribution in [0.5, 0.6) is 0 Å². The number of unbranched alkanes of at least 4 members (excludes halogenated alkanes) is 3. The fraction of sp³-hybridized carbons (Fsp3) is 0.833. The maximum Gasteiger partial charge on any atom is 0.333 e. The van der Waals surface area contributed by atoms with Crippen molar-refractivity contribution in [2.24, 2.45) is 0 Å². The number of carbonyl (C=O) groups excluding carboxylic acids is 1. The maximum absolute atomic E-state index is 10.5. The fourth-order valence-electron chi connectivity index (χ4n) is 0.736. The SMILES string of the molecule is C=C(C)C(=O)OCCO.CCCCO.CCCCO.CCCCO.[Zr]. The van der Waals surface area contributed by atoms with Crippen LogP contribution in [0.15, 0.2) is 12.2 Å². The summed E-state index contributed by atoms with van der Waals surface area (Å²) in [6.07, 6.45) is 6.11. The number of esters is 1. The molecule has 0 aromatic carbocycles. The maximum atomic E-state index is 10.5. The van der Waals surface area contributed by atoms with Crippen molar-refractivity contribution in [3.63, 3.8) is 0 Å². The van der Waals surface area contributed by atoms with Gasteiger partial charge in [0.1, 0.15) is 6.61 Å². The number of aliphatic hydroxyl groups is 4. The minimum Gasteiger partial charge on any atom is -0.460 e. The number of ether oxygens (including phenoxy) is 1. The van der Waals surface area contributed by atoms with E-state index in [-0.39, 0.29) is 39.4 Å². The first-order chi connectivity index (χ1) is 11.4. The van der Waals surface area contributed by atoms with E-state index in [0.717, 1.165) is 38.5 Å². The third-order valence-electron chi connectivity index (χ3n) is 2.21. The van der Waals surface area contributed by atoms with Crippen molar-refractivity contribution in [1.29, 1.82) is 0 Å². The van der Waals surface area contributed by atoms with Crippen molar-refractivity contribution in [1.82, 2.24) is 0 Å². The van der Waals surface area contributed by atoms with Crippen molar-refractivity contribution < 1.29 is 56.2 Å². The molecule has 0 atom stereocenters. The Morgan fingerprint density at radius 1 is 0.800 bits per heavy atom. The van der Waals surface area contributed by atoms with E-state index >= 15 is 0 Å². The number of aliphatic hydroxyl groups excluding tert-OH is 4. The Hall–Kier alpha value is -0.0669. The molecule has 0 unspecified atom stereocenters. The Bertz CT molecular complexity index is 217. The molecule has 0 rings (SSSR count). The van der Waals surface area contributed by atoms with Gasteiger partial charge in [-0.25, -0.2) is 4.79 Å². The summed E-state index contributed by atoms with van der Waals surface area (Å²) in [4.78, 5) is 10.5. The monoisotopic (exact) mass is 442 g/mol. The van der Waals surface area contributed by atoms with E-state index in [1.165, 1.54) is 0 Å². The van der Waals surface area contributed by atoms with E-state index in [2.05, 4.69) is 32.1 Å². The molecule has 0 aromatic heterocycles. The van der Waals surface area contributed by atoms with Crippen LogP contribution >= 0.6 is 0 Å². The van der Waals surface area contributed by atoms with Crippen LogP contribution in [0.1, 0.15) is 66.2 Å². The molecule has 0 heterocycles. The molecule has 0 bridgehead atoms. The number of carbonyl (C=O) groups is 1. The summed E-state index contributed by atoms with van der Waals surface area (Å²) in [5.41, 5.74) is 0.350. The second-order valence-corrected chi connectivity index (χ2v) is 4.87. The molecule has 0 aromatic rings. The number of rotatable bonds is 9. The van der Waals surface area contributed by atoms with E-state index in [4.69, 9.17) is 20.4 Å². The molecule has 0 aliphatic carbocycles. The second kappa shape index (κ2) is 39.1. The summed E-state index contributed by atoms with van der Waals surface area (Å²) in [5, 5.41) is 32.4. The Kier molecular flexibility index (Phi) is 56.3. The molecule has 0 saturated heterocycles. The predicted octanol–water partition coefficient (Wildman–Crippen LogP) is 2.43. The summed E-state index contributed by atoms with van der Waals surface area (Å²) in [5.74, 6) is -0.455. The fourth-order valence-corrected chi connectivity index (χ4v) is 0.736. The van der Waals surface area contributed by atoms with Gasteiger partial charge in [0.2, 0.25) is 0 Å². The van der Waals surface area contributed by atoms with Gasteiger partial charge in [0.25, 0.3) is 0 Å². The van der Waals surface area contributed by atoms with Crippen LogP contribution in [0.3, 0.4) is 0 Å². The molecule has 4 N–H and O–H groups in total. The van der Waals surface area contributed by atoms with Crippen LogP contribution in [0, 0.1) is 0 Å². The van der Waals surface area contributed by atoms with Crippen LogP contribution in [0.25, 0.3) is 0 Å². The van der Waals surface area contributed by atoms with Crippen molar-refractivity contribution in [3.8, 4) is 0 Å². The molecule has 0 amide bonds. The van der Waals surface area contributed by atoms with Crippen molar-refractivity contribution >= 4 is 5.97 Å². The minimum atomic E-state index is -0.455. The Morgan fingerprint density at radius 3 is 1.24 bits per heavy atom. The first kappa shape index (κ1) is 35.9. The summed E-state index contributed by atoms with van der Waals surface area (Å²) in [7, 11) is 0. The standard InChI is InChI=1S/C6H10O3.3C4H10O.Zr/c1-5(2)6(8)9-4-3-7;3*1-2-3-4-5;/h7H,1,3-4H2,2H3;3*5H,2-4H2,1H3;. The summed E-state index contributed by atoms with van der Waals surface area (Å²) < 4.78 is 4.46. The van der Waals surface area contributed by atoms with Gasteiger partial charge in [-0.2, -0.15) is 0 Å². The van der Waals surface area contributed by atoms with E-state index in [1.54, 1.807) is 6.92 Å². The normalized spacial score (nSPS) is 8.16. The number of hydrogen-bond acceptors (Lipinski definition) is 6.